The second-order valence-corrected chi connectivity index (χ2v) is 4.54. The lowest BCUT2D eigenvalue weighted by Crippen LogP contribution is -2.58. The molecule has 2 aliphatic heterocycles. The van der Waals surface area contributed by atoms with Crippen molar-refractivity contribution in [1.82, 2.24) is 10.2 Å². The predicted molar refractivity (Wildman–Crippen MR) is 62.7 cm³/mol. The van der Waals surface area contributed by atoms with Crippen LogP contribution in [0, 0.1) is 5.92 Å². The van der Waals surface area contributed by atoms with Crippen LogP contribution < -0.4 is 11.1 Å². The number of hydrogen-bond acceptors (Lipinski definition) is 5. The average molecular weight is 257 g/mol. The van der Waals surface area contributed by atoms with Gasteiger partial charge in [0.25, 0.3) is 0 Å². The van der Waals surface area contributed by atoms with Crippen molar-refractivity contribution >= 4 is 11.8 Å². The average Bonchev–Trinajstić information content (AvgIpc) is 2.83. The van der Waals surface area contributed by atoms with Crippen molar-refractivity contribution < 1.29 is 19.1 Å². The van der Waals surface area contributed by atoms with E-state index in [-0.39, 0.29) is 30.4 Å². The van der Waals surface area contributed by atoms with Crippen molar-refractivity contribution in [3.63, 3.8) is 0 Å². The first kappa shape index (κ1) is 13.3. The van der Waals surface area contributed by atoms with Crippen molar-refractivity contribution in [3.05, 3.63) is 0 Å². The summed E-state index contributed by atoms with van der Waals surface area (Å²) in [5, 5.41) is 2.55. The SMILES string of the molecule is CNC(=O)C1COCCN1C(=O)C1COCC1N. The molecule has 7 nitrogen and oxygen atoms in total. The second-order valence-electron chi connectivity index (χ2n) is 4.54. The van der Waals surface area contributed by atoms with E-state index in [1.807, 2.05) is 0 Å². The number of morpholine rings is 1. The highest BCUT2D eigenvalue weighted by atomic mass is 16.5. The van der Waals surface area contributed by atoms with Gasteiger partial charge in [-0.1, -0.05) is 0 Å². The lowest BCUT2D eigenvalue weighted by Gasteiger charge is -2.36. The second kappa shape index (κ2) is 5.64. The molecular weight excluding hydrogens is 238 g/mol. The van der Waals surface area contributed by atoms with Crippen LogP contribution in [-0.2, 0) is 19.1 Å². The lowest BCUT2D eigenvalue weighted by molar-refractivity contribution is -0.151. The molecule has 0 aromatic carbocycles. The number of amides is 2. The zero-order valence-electron chi connectivity index (χ0n) is 10.4. The lowest BCUT2D eigenvalue weighted by atomic mass is 10.0. The Morgan fingerprint density at radius 1 is 1.28 bits per heavy atom. The van der Waals surface area contributed by atoms with Crippen molar-refractivity contribution in [2.45, 2.75) is 12.1 Å². The topological polar surface area (TPSA) is 93.9 Å². The Bertz CT molecular complexity index is 336. The number of likely N-dealkylation sites (N-methyl/N-ethyl adjacent to an activating group) is 1. The summed E-state index contributed by atoms with van der Waals surface area (Å²) in [6.07, 6.45) is 0. The van der Waals surface area contributed by atoms with Crippen LogP contribution in [0.25, 0.3) is 0 Å². The Balaban J connectivity index is 2.08. The van der Waals surface area contributed by atoms with E-state index < -0.39 is 6.04 Å². The molecular formula is C11H19N3O4. The molecule has 102 valence electrons. The smallest absolute Gasteiger partial charge is 0.244 e. The highest BCUT2D eigenvalue weighted by molar-refractivity contribution is 5.89. The van der Waals surface area contributed by atoms with Gasteiger partial charge in [0.2, 0.25) is 11.8 Å². The molecule has 18 heavy (non-hydrogen) atoms. The summed E-state index contributed by atoms with van der Waals surface area (Å²) < 4.78 is 10.5. The van der Waals surface area contributed by atoms with Crippen molar-refractivity contribution in [2.24, 2.45) is 11.7 Å². The van der Waals surface area contributed by atoms with Crippen molar-refractivity contribution in [3.8, 4) is 0 Å². The molecule has 7 heteroatoms. The van der Waals surface area contributed by atoms with Crippen LogP contribution in [0.2, 0.25) is 0 Å². The van der Waals surface area contributed by atoms with Gasteiger partial charge in [0.1, 0.15) is 6.04 Å². The molecule has 0 bridgehead atoms. The number of hydrogen-bond donors (Lipinski definition) is 2. The monoisotopic (exact) mass is 257 g/mol. The van der Waals surface area contributed by atoms with E-state index in [2.05, 4.69) is 5.32 Å². The molecule has 0 aliphatic carbocycles. The van der Waals surface area contributed by atoms with Gasteiger partial charge in [-0.15, -0.1) is 0 Å². The van der Waals surface area contributed by atoms with Crippen LogP contribution in [0.1, 0.15) is 0 Å². The van der Waals surface area contributed by atoms with Gasteiger partial charge >= 0.3 is 0 Å². The molecule has 2 saturated heterocycles. The zero-order valence-corrected chi connectivity index (χ0v) is 10.4. The van der Waals surface area contributed by atoms with Crippen LogP contribution in [0.5, 0.6) is 0 Å². The minimum atomic E-state index is -0.566. The maximum Gasteiger partial charge on any atom is 0.244 e. The molecule has 2 heterocycles. The van der Waals surface area contributed by atoms with E-state index in [9.17, 15) is 9.59 Å². The maximum atomic E-state index is 12.4. The summed E-state index contributed by atoms with van der Waals surface area (Å²) >= 11 is 0. The van der Waals surface area contributed by atoms with E-state index >= 15 is 0 Å². The molecule has 2 amide bonds. The number of rotatable bonds is 2. The molecule has 0 aromatic rings. The fourth-order valence-corrected chi connectivity index (χ4v) is 2.29. The van der Waals surface area contributed by atoms with E-state index in [0.717, 1.165) is 0 Å². The third-order valence-corrected chi connectivity index (χ3v) is 3.40. The van der Waals surface area contributed by atoms with E-state index in [1.165, 1.54) is 0 Å². The molecule has 2 aliphatic rings. The minimum absolute atomic E-state index is 0.114. The van der Waals surface area contributed by atoms with Crippen molar-refractivity contribution in [1.29, 1.82) is 0 Å². The summed E-state index contributed by atoms with van der Waals surface area (Å²) in [7, 11) is 1.55. The van der Waals surface area contributed by atoms with Gasteiger partial charge in [0.05, 0.1) is 32.3 Å². The van der Waals surface area contributed by atoms with E-state index in [4.69, 9.17) is 15.2 Å². The zero-order chi connectivity index (χ0) is 13.1. The molecule has 0 spiro atoms. The largest absolute Gasteiger partial charge is 0.379 e. The molecule has 2 rings (SSSR count). The molecule has 3 atom stereocenters. The number of nitrogens with two attached hydrogens (primary N) is 1. The van der Waals surface area contributed by atoms with Crippen LogP contribution in [0.3, 0.4) is 0 Å². The van der Waals surface area contributed by atoms with Gasteiger partial charge in [-0.05, 0) is 0 Å². The minimum Gasteiger partial charge on any atom is -0.379 e. The Labute approximate surface area is 106 Å². The Morgan fingerprint density at radius 3 is 2.67 bits per heavy atom. The molecule has 0 radical (unpaired) electrons. The standard InChI is InChI=1S/C11H19N3O4/c1-13-10(15)9-6-17-3-2-14(9)11(16)7-4-18-5-8(7)12/h7-9H,2-6,12H2,1H3,(H,13,15). The quantitative estimate of drug-likeness (QED) is 0.593. The highest BCUT2D eigenvalue weighted by Crippen LogP contribution is 2.18. The van der Waals surface area contributed by atoms with Gasteiger partial charge < -0.3 is 25.4 Å². The van der Waals surface area contributed by atoms with Crippen molar-refractivity contribution in [2.75, 3.05) is 40.0 Å². The number of ether oxygens (including phenoxy) is 2. The van der Waals surface area contributed by atoms with E-state index in [1.54, 1.807) is 11.9 Å². The number of nitrogens with zero attached hydrogens (tertiary/aromatic N) is 1. The van der Waals surface area contributed by atoms with Gasteiger partial charge in [-0.2, -0.15) is 0 Å². The van der Waals surface area contributed by atoms with Gasteiger partial charge in [0, 0.05) is 19.6 Å². The van der Waals surface area contributed by atoms with Gasteiger partial charge in [-0.3, -0.25) is 9.59 Å². The first-order valence-corrected chi connectivity index (χ1v) is 6.08. The normalized spacial score (nSPS) is 32.3. The molecule has 3 unspecified atom stereocenters. The number of carbonyl (C=O) groups is 2. The molecule has 2 fully saturated rings. The summed E-state index contributed by atoms with van der Waals surface area (Å²) in [5.41, 5.74) is 5.84. The van der Waals surface area contributed by atoms with Gasteiger partial charge in [0.15, 0.2) is 0 Å². The van der Waals surface area contributed by atoms with Crippen LogP contribution in [0.4, 0.5) is 0 Å². The summed E-state index contributed by atoms with van der Waals surface area (Å²) in [6.45, 7) is 1.82. The third-order valence-electron chi connectivity index (χ3n) is 3.40. The van der Waals surface area contributed by atoms with Gasteiger partial charge in [-0.25, -0.2) is 0 Å². The fraction of sp³-hybridized carbons (Fsp3) is 0.818. The Kier molecular flexibility index (Phi) is 4.15. The third kappa shape index (κ3) is 2.47. The summed E-state index contributed by atoms with van der Waals surface area (Å²) in [6, 6.07) is -0.852. The first-order chi connectivity index (χ1) is 8.65. The maximum absolute atomic E-state index is 12.4. The molecule has 0 saturated carbocycles. The number of carbonyl (C=O) groups excluding carboxylic acids is 2. The fourth-order valence-electron chi connectivity index (χ4n) is 2.29. The first-order valence-electron chi connectivity index (χ1n) is 6.08. The highest BCUT2D eigenvalue weighted by Gasteiger charge is 2.39. The van der Waals surface area contributed by atoms with Crippen LogP contribution >= 0.6 is 0 Å². The molecule has 3 N–H and O–H groups in total. The Hall–Kier alpha value is -1.18. The summed E-state index contributed by atoms with van der Waals surface area (Å²) in [5.74, 6) is -0.678. The van der Waals surface area contributed by atoms with Crippen LogP contribution in [-0.4, -0.2) is 68.8 Å². The Morgan fingerprint density at radius 2 is 2.06 bits per heavy atom. The van der Waals surface area contributed by atoms with Crippen LogP contribution in [0.15, 0.2) is 0 Å². The predicted octanol–water partition coefficient (Wildman–Crippen LogP) is -2.07. The summed E-state index contributed by atoms with van der Waals surface area (Å²) in [4.78, 5) is 25.7. The van der Waals surface area contributed by atoms with E-state index in [0.29, 0.717) is 26.4 Å². The molecule has 0 aromatic heterocycles. The number of nitrogens with one attached hydrogen (secondary N) is 1.